The number of alkyl halides is 3. The van der Waals surface area contributed by atoms with E-state index < -0.39 is 17.7 Å². The van der Waals surface area contributed by atoms with E-state index in [9.17, 15) is 23.1 Å². The molecule has 2 aromatic carbocycles. The van der Waals surface area contributed by atoms with Crippen molar-refractivity contribution in [3.8, 4) is 0 Å². The number of carbonyl (C=O) groups is 1. The summed E-state index contributed by atoms with van der Waals surface area (Å²) in [5, 5.41) is 12.8. The van der Waals surface area contributed by atoms with E-state index in [1.54, 1.807) is 19.1 Å². The van der Waals surface area contributed by atoms with Gasteiger partial charge in [-0.05, 0) is 54.2 Å². The van der Waals surface area contributed by atoms with Crippen LogP contribution in [-0.4, -0.2) is 11.1 Å². The number of fused-ring (bicyclic) bond motifs is 3. The summed E-state index contributed by atoms with van der Waals surface area (Å²) >= 11 is 0. The fourth-order valence-electron chi connectivity index (χ4n) is 4.28. The van der Waals surface area contributed by atoms with Crippen LogP contribution in [0.25, 0.3) is 0 Å². The van der Waals surface area contributed by atoms with Crippen molar-refractivity contribution in [3.63, 3.8) is 0 Å². The third-order valence-corrected chi connectivity index (χ3v) is 5.60. The van der Waals surface area contributed by atoms with E-state index in [1.165, 1.54) is 12.1 Å². The summed E-state index contributed by atoms with van der Waals surface area (Å²) in [4.78, 5) is 11.5. The van der Waals surface area contributed by atoms with Crippen LogP contribution in [0.3, 0.4) is 0 Å². The Kier molecular flexibility index (Phi) is 4.02. The van der Waals surface area contributed by atoms with Crippen molar-refractivity contribution in [2.24, 2.45) is 5.92 Å². The third kappa shape index (κ3) is 2.89. The number of allylic oxidation sites excluding steroid dienone is 2. The molecule has 2 aliphatic rings. The molecular formula is C21H18F3NO2. The molecule has 0 bridgehead atoms. The Labute approximate surface area is 154 Å². The third-order valence-electron chi connectivity index (χ3n) is 5.60. The van der Waals surface area contributed by atoms with E-state index in [-0.39, 0.29) is 23.4 Å². The van der Waals surface area contributed by atoms with Gasteiger partial charge in [0.25, 0.3) is 0 Å². The average molecular weight is 373 g/mol. The van der Waals surface area contributed by atoms with E-state index in [0.29, 0.717) is 16.8 Å². The number of aromatic carboxylic acids is 1. The lowest BCUT2D eigenvalue weighted by Gasteiger charge is -2.38. The first-order chi connectivity index (χ1) is 12.8. The predicted molar refractivity (Wildman–Crippen MR) is 95.9 cm³/mol. The van der Waals surface area contributed by atoms with Crippen LogP contribution in [0.4, 0.5) is 18.9 Å². The van der Waals surface area contributed by atoms with Crippen LogP contribution in [0.2, 0.25) is 0 Å². The quantitative estimate of drug-likeness (QED) is 0.680. The molecule has 6 heteroatoms. The molecule has 2 unspecified atom stereocenters. The number of rotatable bonds is 2. The van der Waals surface area contributed by atoms with Gasteiger partial charge in [0.2, 0.25) is 0 Å². The molecule has 0 fully saturated rings. The minimum atomic E-state index is -4.40. The van der Waals surface area contributed by atoms with E-state index in [1.807, 2.05) is 12.1 Å². The summed E-state index contributed by atoms with van der Waals surface area (Å²) in [7, 11) is 0. The number of hydrogen-bond donors (Lipinski definition) is 2. The maximum atomic E-state index is 13.1. The van der Waals surface area contributed by atoms with Crippen molar-refractivity contribution >= 4 is 11.7 Å². The number of nitrogens with one attached hydrogen (secondary N) is 1. The van der Waals surface area contributed by atoms with Crippen molar-refractivity contribution < 1.29 is 23.1 Å². The van der Waals surface area contributed by atoms with Gasteiger partial charge >= 0.3 is 12.1 Å². The van der Waals surface area contributed by atoms with E-state index in [4.69, 9.17) is 0 Å². The zero-order valence-electron chi connectivity index (χ0n) is 14.5. The zero-order chi connectivity index (χ0) is 19.3. The smallest absolute Gasteiger partial charge is 0.416 e. The largest absolute Gasteiger partial charge is 0.478 e. The van der Waals surface area contributed by atoms with E-state index >= 15 is 0 Å². The number of hydrogen-bond acceptors (Lipinski definition) is 2. The second-order valence-corrected chi connectivity index (χ2v) is 7.11. The number of carboxylic acids is 1. The first kappa shape index (κ1) is 17.6. The molecule has 2 aromatic rings. The molecule has 0 saturated carbocycles. The number of halogens is 3. The molecule has 3 nitrogen and oxygen atoms in total. The normalized spacial score (nSPS) is 23.5. The molecule has 27 heavy (non-hydrogen) atoms. The van der Waals surface area contributed by atoms with Crippen LogP contribution < -0.4 is 5.32 Å². The molecule has 0 saturated heterocycles. The maximum absolute atomic E-state index is 13.1. The Morgan fingerprint density at radius 2 is 2.00 bits per heavy atom. The van der Waals surface area contributed by atoms with Crippen molar-refractivity contribution in [1.29, 1.82) is 0 Å². The summed E-state index contributed by atoms with van der Waals surface area (Å²) in [5.41, 5.74) is 2.41. The van der Waals surface area contributed by atoms with Crippen molar-refractivity contribution in [3.05, 3.63) is 76.4 Å². The predicted octanol–water partition coefficient (Wildman–Crippen LogP) is 5.54. The minimum Gasteiger partial charge on any atom is -0.478 e. The van der Waals surface area contributed by atoms with Crippen LogP contribution in [0.5, 0.6) is 0 Å². The topological polar surface area (TPSA) is 49.3 Å². The monoisotopic (exact) mass is 373 g/mol. The van der Waals surface area contributed by atoms with Gasteiger partial charge in [-0.3, -0.25) is 0 Å². The SMILES string of the molecule is Cc1c(C(=O)O)ccc2c1N[C@H](c1cccc(C(F)(F)F)c1)C1CC=CC21. The van der Waals surface area contributed by atoms with Crippen molar-refractivity contribution in [2.75, 3.05) is 5.32 Å². The Balaban J connectivity index is 1.82. The summed E-state index contributed by atoms with van der Waals surface area (Å²) in [6.07, 6.45) is 0.484. The molecule has 4 rings (SSSR count). The van der Waals surface area contributed by atoms with Crippen molar-refractivity contribution in [2.45, 2.75) is 31.5 Å². The summed E-state index contributed by atoms with van der Waals surface area (Å²) < 4.78 is 39.4. The van der Waals surface area contributed by atoms with E-state index in [2.05, 4.69) is 11.4 Å². The van der Waals surface area contributed by atoms with Crippen molar-refractivity contribution in [1.82, 2.24) is 0 Å². The molecule has 140 valence electrons. The minimum absolute atomic E-state index is 0.0577. The highest BCUT2D eigenvalue weighted by molar-refractivity contribution is 5.92. The highest BCUT2D eigenvalue weighted by Crippen LogP contribution is 2.51. The van der Waals surface area contributed by atoms with Gasteiger partial charge in [-0.2, -0.15) is 13.2 Å². The fourth-order valence-corrected chi connectivity index (χ4v) is 4.28. The molecule has 3 atom stereocenters. The second-order valence-electron chi connectivity index (χ2n) is 7.11. The van der Waals surface area contributed by atoms with Gasteiger partial charge in [0.15, 0.2) is 0 Å². The van der Waals surface area contributed by atoms with Gasteiger partial charge in [-0.15, -0.1) is 0 Å². The second kappa shape index (κ2) is 6.15. The summed E-state index contributed by atoms with van der Waals surface area (Å²) in [6.45, 7) is 1.73. The molecule has 0 aromatic heterocycles. The standard InChI is InChI=1S/C21H18F3NO2/c1-11-14(20(26)27)8-9-17-15-6-3-7-16(15)19(25-18(11)17)12-4-2-5-13(10-12)21(22,23)24/h2-6,8-10,15-16,19,25H,7H2,1H3,(H,26,27)/t15?,16?,19-/m1/s1. The summed E-state index contributed by atoms with van der Waals surface area (Å²) in [5.74, 6) is -0.866. The highest BCUT2D eigenvalue weighted by atomic mass is 19.4. The zero-order valence-corrected chi connectivity index (χ0v) is 14.5. The van der Waals surface area contributed by atoms with Gasteiger partial charge in [-0.1, -0.05) is 30.4 Å². The first-order valence-electron chi connectivity index (χ1n) is 8.74. The van der Waals surface area contributed by atoms with Gasteiger partial charge < -0.3 is 10.4 Å². The Morgan fingerprint density at radius 3 is 2.70 bits per heavy atom. The van der Waals surface area contributed by atoms with E-state index in [0.717, 1.165) is 18.1 Å². The van der Waals surface area contributed by atoms with Gasteiger partial charge in [0, 0.05) is 11.6 Å². The van der Waals surface area contributed by atoms with Gasteiger partial charge in [-0.25, -0.2) is 4.79 Å². The lowest BCUT2D eigenvalue weighted by atomic mass is 9.75. The van der Waals surface area contributed by atoms with Crippen LogP contribution in [0.1, 0.15) is 51.0 Å². The number of anilines is 1. The Hall–Kier alpha value is -2.76. The average Bonchev–Trinajstić information content (AvgIpc) is 3.10. The molecule has 0 spiro atoms. The molecule has 2 N–H and O–H groups in total. The molecule has 0 amide bonds. The Morgan fingerprint density at radius 1 is 1.22 bits per heavy atom. The number of benzene rings is 2. The van der Waals surface area contributed by atoms with Crippen LogP contribution in [-0.2, 0) is 6.18 Å². The number of carboxylic acid groups (broad SMARTS) is 1. The highest BCUT2D eigenvalue weighted by Gasteiger charge is 2.40. The Bertz CT molecular complexity index is 949. The fraction of sp³-hybridized carbons (Fsp3) is 0.286. The molecular weight excluding hydrogens is 355 g/mol. The lowest BCUT2D eigenvalue weighted by Crippen LogP contribution is -2.30. The molecule has 1 aliphatic carbocycles. The lowest BCUT2D eigenvalue weighted by molar-refractivity contribution is -0.137. The van der Waals surface area contributed by atoms with Crippen LogP contribution >= 0.6 is 0 Å². The van der Waals surface area contributed by atoms with Gasteiger partial charge in [0.05, 0.1) is 17.2 Å². The van der Waals surface area contributed by atoms with Gasteiger partial charge in [0.1, 0.15) is 0 Å². The van der Waals surface area contributed by atoms with Crippen LogP contribution in [0, 0.1) is 12.8 Å². The van der Waals surface area contributed by atoms with Crippen LogP contribution in [0.15, 0.2) is 48.6 Å². The maximum Gasteiger partial charge on any atom is 0.416 e. The molecule has 0 radical (unpaired) electrons. The first-order valence-corrected chi connectivity index (χ1v) is 8.74. The summed E-state index contributed by atoms with van der Waals surface area (Å²) in [6, 6.07) is 8.48. The molecule has 1 aliphatic heterocycles. The molecule has 1 heterocycles.